The predicted molar refractivity (Wildman–Crippen MR) is 45.5 cm³/mol. The van der Waals surface area contributed by atoms with Crippen molar-refractivity contribution < 1.29 is 13.2 Å². The van der Waals surface area contributed by atoms with Gasteiger partial charge in [-0.25, -0.2) is 8.42 Å². The highest BCUT2D eigenvalue weighted by Crippen LogP contribution is 2.14. The van der Waals surface area contributed by atoms with E-state index in [0.29, 0.717) is 6.42 Å². The third-order valence-corrected chi connectivity index (χ3v) is 4.38. The van der Waals surface area contributed by atoms with Gasteiger partial charge in [0, 0.05) is 6.04 Å². The average molecular weight is 191 g/mol. The van der Waals surface area contributed by atoms with Crippen molar-refractivity contribution in [1.29, 1.82) is 0 Å². The van der Waals surface area contributed by atoms with E-state index in [2.05, 4.69) is 5.32 Å². The van der Waals surface area contributed by atoms with E-state index in [-0.39, 0.29) is 17.7 Å². The summed E-state index contributed by atoms with van der Waals surface area (Å²) in [6, 6.07) is -0.212. The monoisotopic (exact) mass is 191 g/mol. The molecule has 0 aromatic rings. The molecule has 0 aliphatic carbocycles. The maximum atomic E-state index is 11.3. The lowest BCUT2D eigenvalue weighted by Crippen LogP contribution is -2.53. The largest absolute Gasteiger partial charge is 0.351 e. The number of amides is 1. The van der Waals surface area contributed by atoms with E-state index in [9.17, 15) is 13.2 Å². The number of carbonyl (C=O) groups excluding carboxylic acids is 1. The summed E-state index contributed by atoms with van der Waals surface area (Å²) in [5, 5.41) is 2.21. The number of sulfone groups is 1. The smallest absolute Gasteiger partial charge is 0.235 e. The maximum absolute atomic E-state index is 11.3. The van der Waals surface area contributed by atoms with Gasteiger partial charge in [0.25, 0.3) is 0 Å². The molecule has 1 rings (SSSR count). The quantitative estimate of drug-likeness (QED) is 0.619. The van der Waals surface area contributed by atoms with Crippen LogP contribution in [-0.4, -0.2) is 31.4 Å². The van der Waals surface area contributed by atoms with Gasteiger partial charge in [-0.3, -0.25) is 4.79 Å². The van der Waals surface area contributed by atoms with Crippen LogP contribution in [-0.2, 0) is 14.6 Å². The van der Waals surface area contributed by atoms with Gasteiger partial charge in [0.15, 0.2) is 9.84 Å². The van der Waals surface area contributed by atoms with E-state index in [1.807, 2.05) is 6.92 Å². The number of nitrogens with one attached hydrogen (secondary N) is 1. The summed E-state index contributed by atoms with van der Waals surface area (Å²) in [6.07, 6.45) is 0.659. The minimum absolute atomic E-state index is 0.212. The van der Waals surface area contributed by atoms with Crippen molar-refractivity contribution in [2.24, 2.45) is 0 Å². The van der Waals surface area contributed by atoms with Crippen LogP contribution in [0, 0.1) is 0 Å². The second-order valence-electron chi connectivity index (χ2n) is 3.09. The third kappa shape index (κ3) is 1.60. The van der Waals surface area contributed by atoms with E-state index < -0.39 is 15.1 Å². The fraction of sp³-hybridized carbons (Fsp3) is 0.857. The standard InChI is InChI=1S/C7H13NO3S/c1-3-6-5(2)12(10,11)4-7(9)8-6/h5-6H,3-4H2,1-2H3,(H,8,9). The Labute approximate surface area is 72.3 Å². The Morgan fingerprint density at radius 1 is 1.58 bits per heavy atom. The van der Waals surface area contributed by atoms with Crippen LogP contribution in [0.3, 0.4) is 0 Å². The molecule has 0 bridgehead atoms. The van der Waals surface area contributed by atoms with Crippen molar-refractivity contribution in [3.05, 3.63) is 0 Å². The molecule has 2 unspecified atom stereocenters. The number of hydrogen-bond donors (Lipinski definition) is 1. The average Bonchev–Trinajstić information content (AvgIpc) is 1.96. The molecule has 1 aliphatic rings. The first-order valence-corrected chi connectivity index (χ1v) is 5.70. The molecule has 1 N–H and O–H groups in total. The van der Waals surface area contributed by atoms with Gasteiger partial charge in [0.05, 0.1) is 5.25 Å². The van der Waals surface area contributed by atoms with E-state index in [1.54, 1.807) is 6.92 Å². The van der Waals surface area contributed by atoms with Crippen molar-refractivity contribution in [2.75, 3.05) is 5.75 Å². The predicted octanol–water partition coefficient (Wildman–Crippen LogP) is -0.302. The highest BCUT2D eigenvalue weighted by atomic mass is 32.2. The minimum Gasteiger partial charge on any atom is -0.351 e. The van der Waals surface area contributed by atoms with E-state index in [0.717, 1.165) is 0 Å². The molecule has 1 saturated heterocycles. The molecule has 2 atom stereocenters. The zero-order valence-electron chi connectivity index (χ0n) is 7.20. The Morgan fingerprint density at radius 2 is 2.17 bits per heavy atom. The molecule has 0 aromatic carbocycles. The second-order valence-corrected chi connectivity index (χ2v) is 5.45. The molecule has 0 saturated carbocycles. The maximum Gasteiger partial charge on any atom is 0.235 e. The normalized spacial score (nSPS) is 34.3. The second kappa shape index (κ2) is 3.05. The lowest BCUT2D eigenvalue weighted by atomic mass is 10.1. The topological polar surface area (TPSA) is 63.2 Å². The summed E-state index contributed by atoms with van der Waals surface area (Å²) in [6.45, 7) is 3.51. The Morgan fingerprint density at radius 3 is 2.67 bits per heavy atom. The zero-order chi connectivity index (χ0) is 9.35. The van der Waals surface area contributed by atoms with Crippen molar-refractivity contribution in [2.45, 2.75) is 31.6 Å². The molecule has 70 valence electrons. The van der Waals surface area contributed by atoms with Crippen LogP contribution in [0.5, 0.6) is 0 Å². The SMILES string of the molecule is CCC1NC(=O)CS(=O)(=O)C1C. The van der Waals surface area contributed by atoms with Gasteiger partial charge in [-0.05, 0) is 13.3 Å². The van der Waals surface area contributed by atoms with Gasteiger partial charge < -0.3 is 5.32 Å². The Hall–Kier alpha value is -0.580. The van der Waals surface area contributed by atoms with Gasteiger partial charge >= 0.3 is 0 Å². The van der Waals surface area contributed by atoms with Crippen LogP contribution < -0.4 is 5.32 Å². The molecule has 1 aliphatic heterocycles. The van der Waals surface area contributed by atoms with E-state index >= 15 is 0 Å². The molecule has 0 aromatic heterocycles. The first kappa shape index (κ1) is 9.51. The Bertz CT molecular complexity index is 283. The van der Waals surface area contributed by atoms with Gasteiger partial charge in [-0.1, -0.05) is 6.92 Å². The number of carbonyl (C=O) groups is 1. The first-order chi connectivity index (χ1) is 5.47. The molecular formula is C7H13NO3S. The highest BCUT2D eigenvalue weighted by Gasteiger charge is 2.36. The zero-order valence-corrected chi connectivity index (χ0v) is 8.02. The van der Waals surface area contributed by atoms with Crippen molar-refractivity contribution in [3.63, 3.8) is 0 Å². The van der Waals surface area contributed by atoms with Crippen molar-refractivity contribution >= 4 is 15.7 Å². The summed E-state index contributed by atoms with van der Waals surface area (Å²) in [5.41, 5.74) is 0. The first-order valence-electron chi connectivity index (χ1n) is 3.98. The van der Waals surface area contributed by atoms with Crippen LogP contribution in [0.15, 0.2) is 0 Å². The summed E-state index contributed by atoms with van der Waals surface area (Å²) in [7, 11) is -3.18. The van der Waals surface area contributed by atoms with Crippen LogP contribution in [0.1, 0.15) is 20.3 Å². The van der Waals surface area contributed by atoms with Gasteiger partial charge in [-0.15, -0.1) is 0 Å². The van der Waals surface area contributed by atoms with E-state index in [4.69, 9.17) is 0 Å². The molecule has 1 amide bonds. The molecular weight excluding hydrogens is 178 g/mol. The van der Waals surface area contributed by atoms with E-state index in [1.165, 1.54) is 0 Å². The molecule has 4 nitrogen and oxygen atoms in total. The van der Waals surface area contributed by atoms with Gasteiger partial charge in [0.2, 0.25) is 5.91 Å². The van der Waals surface area contributed by atoms with Crippen LogP contribution in [0.2, 0.25) is 0 Å². The fourth-order valence-corrected chi connectivity index (χ4v) is 2.84. The molecule has 0 spiro atoms. The fourth-order valence-electron chi connectivity index (χ4n) is 1.36. The molecule has 1 fully saturated rings. The summed E-state index contributed by atoms with van der Waals surface area (Å²) in [5.74, 6) is -0.732. The van der Waals surface area contributed by atoms with Gasteiger partial charge in [0.1, 0.15) is 5.75 Å². The Balaban J connectivity index is 2.90. The highest BCUT2D eigenvalue weighted by molar-refractivity contribution is 7.92. The van der Waals surface area contributed by atoms with Crippen molar-refractivity contribution in [3.8, 4) is 0 Å². The summed E-state index contributed by atoms with van der Waals surface area (Å²) >= 11 is 0. The summed E-state index contributed by atoms with van der Waals surface area (Å²) in [4.78, 5) is 10.9. The van der Waals surface area contributed by atoms with Crippen LogP contribution in [0.25, 0.3) is 0 Å². The molecule has 0 radical (unpaired) electrons. The Kier molecular flexibility index (Phi) is 2.41. The van der Waals surface area contributed by atoms with Crippen LogP contribution >= 0.6 is 0 Å². The molecule has 5 heteroatoms. The molecule has 1 heterocycles. The lowest BCUT2D eigenvalue weighted by Gasteiger charge is -2.28. The van der Waals surface area contributed by atoms with Crippen molar-refractivity contribution in [1.82, 2.24) is 5.32 Å². The summed E-state index contributed by atoms with van der Waals surface area (Å²) < 4.78 is 22.6. The third-order valence-electron chi connectivity index (χ3n) is 2.25. The van der Waals surface area contributed by atoms with Crippen LogP contribution in [0.4, 0.5) is 0 Å². The lowest BCUT2D eigenvalue weighted by molar-refractivity contribution is -0.119. The number of rotatable bonds is 1. The molecule has 12 heavy (non-hydrogen) atoms. The van der Waals surface area contributed by atoms with Gasteiger partial charge in [-0.2, -0.15) is 0 Å². The minimum atomic E-state index is -3.18. The number of hydrogen-bond acceptors (Lipinski definition) is 3.